The smallest absolute Gasteiger partial charge is 0.221 e. The zero-order valence-corrected chi connectivity index (χ0v) is 10.5. The van der Waals surface area contributed by atoms with Crippen molar-refractivity contribution in [2.75, 3.05) is 12.0 Å². The van der Waals surface area contributed by atoms with Crippen molar-refractivity contribution in [1.29, 1.82) is 5.26 Å². The molecule has 0 fully saturated rings. The standard InChI is InChI=1S/C12H10N4OS/c1-7(6-13)9-10(8-4-3-5-17-8)15-12(14)16-11(9)18-2/h3-5H,1H2,2H3,(H2,14,15,16). The van der Waals surface area contributed by atoms with Crippen molar-refractivity contribution >= 4 is 23.3 Å². The van der Waals surface area contributed by atoms with E-state index >= 15 is 0 Å². The number of anilines is 1. The van der Waals surface area contributed by atoms with E-state index in [0.29, 0.717) is 22.0 Å². The maximum Gasteiger partial charge on any atom is 0.221 e. The van der Waals surface area contributed by atoms with Crippen LogP contribution in [0.25, 0.3) is 17.0 Å². The molecule has 5 nitrogen and oxygen atoms in total. The zero-order valence-electron chi connectivity index (χ0n) is 9.67. The van der Waals surface area contributed by atoms with Crippen LogP contribution in [0.5, 0.6) is 0 Å². The number of aromatic nitrogens is 2. The lowest BCUT2D eigenvalue weighted by molar-refractivity contribution is 0.579. The van der Waals surface area contributed by atoms with E-state index in [4.69, 9.17) is 15.4 Å². The monoisotopic (exact) mass is 258 g/mol. The van der Waals surface area contributed by atoms with Gasteiger partial charge in [0.05, 0.1) is 23.5 Å². The number of nitriles is 1. The fourth-order valence-electron chi connectivity index (χ4n) is 1.52. The summed E-state index contributed by atoms with van der Waals surface area (Å²) in [6.07, 6.45) is 3.38. The quantitative estimate of drug-likeness (QED) is 0.517. The van der Waals surface area contributed by atoms with Crippen LogP contribution in [0.1, 0.15) is 5.56 Å². The number of nitrogens with two attached hydrogens (primary N) is 1. The second-order valence-corrected chi connectivity index (χ2v) is 4.18. The lowest BCUT2D eigenvalue weighted by Gasteiger charge is -2.09. The molecule has 6 heteroatoms. The minimum atomic E-state index is 0.139. The SMILES string of the molecule is C=C(C#N)c1c(SC)nc(N)nc1-c1ccco1. The van der Waals surface area contributed by atoms with E-state index in [0.717, 1.165) is 0 Å². The zero-order chi connectivity index (χ0) is 13.1. The van der Waals surface area contributed by atoms with Crippen molar-refractivity contribution in [3.8, 4) is 17.5 Å². The van der Waals surface area contributed by atoms with Gasteiger partial charge in [-0.1, -0.05) is 6.58 Å². The molecule has 0 amide bonds. The first-order valence-electron chi connectivity index (χ1n) is 5.02. The molecule has 0 saturated heterocycles. The van der Waals surface area contributed by atoms with Crippen molar-refractivity contribution < 1.29 is 4.42 Å². The maximum atomic E-state index is 9.02. The van der Waals surface area contributed by atoms with Gasteiger partial charge in [0.25, 0.3) is 0 Å². The number of furan rings is 1. The van der Waals surface area contributed by atoms with Crippen LogP contribution in [0.15, 0.2) is 34.4 Å². The van der Waals surface area contributed by atoms with Crippen LogP contribution in [0, 0.1) is 11.3 Å². The predicted octanol–water partition coefficient (Wildman–Crippen LogP) is 2.58. The Hall–Kier alpha value is -2.26. The molecule has 0 radical (unpaired) electrons. The van der Waals surface area contributed by atoms with Gasteiger partial charge in [-0.05, 0) is 18.4 Å². The molecular formula is C12H10N4OS. The van der Waals surface area contributed by atoms with Crippen LogP contribution < -0.4 is 5.73 Å². The summed E-state index contributed by atoms with van der Waals surface area (Å²) < 4.78 is 5.30. The largest absolute Gasteiger partial charge is 0.463 e. The summed E-state index contributed by atoms with van der Waals surface area (Å²) in [6.45, 7) is 3.72. The Bertz CT molecular complexity index is 628. The molecule has 18 heavy (non-hydrogen) atoms. The van der Waals surface area contributed by atoms with E-state index in [-0.39, 0.29) is 11.5 Å². The highest BCUT2D eigenvalue weighted by atomic mass is 32.2. The molecule has 0 aliphatic heterocycles. The molecule has 0 saturated carbocycles. The fourth-order valence-corrected chi connectivity index (χ4v) is 2.13. The van der Waals surface area contributed by atoms with Crippen molar-refractivity contribution in [3.05, 3.63) is 30.5 Å². The van der Waals surface area contributed by atoms with Crippen molar-refractivity contribution in [2.24, 2.45) is 0 Å². The summed E-state index contributed by atoms with van der Waals surface area (Å²) >= 11 is 1.38. The Morgan fingerprint density at radius 3 is 2.89 bits per heavy atom. The second kappa shape index (κ2) is 4.94. The second-order valence-electron chi connectivity index (χ2n) is 3.38. The van der Waals surface area contributed by atoms with Crippen molar-refractivity contribution in [3.63, 3.8) is 0 Å². The van der Waals surface area contributed by atoms with Gasteiger partial charge in [0, 0.05) is 0 Å². The van der Waals surface area contributed by atoms with E-state index in [1.54, 1.807) is 12.1 Å². The van der Waals surface area contributed by atoms with E-state index in [1.165, 1.54) is 18.0 Å². The summed E-state index contributed by atoms with van der Waals surface area (Å²) in [5.74, 6) is 0.672. The normalized spacial score (nSPS) is 10.0. The van der Waals surface area contributed by atoms with Crippen LogP contribution in [0.2, 0.25) is 0 Å². The first kappa shape index (κ1) is 12.2. The number of thioether (sulfide) groups is 1. The summed E-state index contributed by atoms with van der Waals surface area (Å²) in [4.78, 5) is 8.25. The molecule has 0 aliphatic carbocycles. The van der Waals surface area contributed by atoms with Gasteiger partial charge in [-0.3, -0.25) is 0 Å². The van der Waals surface area contributed by atoms with Crippen molar-refractivity contribution in [2.45, 2.75) is 5.03 Å². The highest BCUT2D eigenvalue weighted by molar-refractivity contribution is 7.98. The molecule has 90 valence electrons. The minimum absolute atomic E-state index is 0.139. The lowest BCUT2D eigenvalue weighted by Crippen LogP contribution is -2.02. The van der Waals surface area contributed by atoms with Gasteiger partial charge in [-0.15, -0.1) is 11.8 Å². The molecule has 0 bridgehead atoms. The van der Waals surface area contributed by atoms with Gasteiger partial charge < -0.3 is 10.2 Å². The topological polar surface area (TPSA) is 88.7 Å². The number of rotatable bonds is 3. The van der Waals surface area contributed by atoms with Gasteiger partial charge in [-0.25, -0.2) is 9.97 Å². The molecule has 0 aliphatic rings. The molecular weight excluding hydrogens is 248 g/mol. The molecule has 2 rings (SSSR count). The third-order valence-electron chi connectivity index (χ3n) is 2.28. The highest BCUT2D eigenvalue weighted by Crippen LogP contribution is 2.33. The third-order valence-corrected chi connectivity index (χ3v) is 2.96. The van der Waals surface area contributed by atoms with E-state index < -0.39 is 0 Å². The summed E-state index contributed by atoms with van der Waals surface area (Å²) in [7, 11) is 0. The summed E-state index contributed by atoms with van der Waals surface area (Å²) in [5.41, 5.74) is 7.00. The van der Waals surface area contributed by atoms with Crippen molar-refractivity contribution in [1.82, 2.24) is 9.97 Å². The first-order chi connectivity index (χ1) is 8.67. The van der Waals surface area contributed by atoms with E-state index in [9.17, 15) is 0 Å². The Morgan fingerprint density at radius 1 is 1.56 bits per heavy atom. The molecule has 0 aromatic carbocycles. The van der Waals surface area contributed by atoms with E-state index in [2.05, 4.69) is 16.5 Å². The lowest BCUT2D eigenvalue weighted by atomic mass is 10.1. The maximum absolute atomic E-state index is 9.02. The number of hydrogen-bond donors (Lipinski definition) is 1. The average Bonchev–Trinajstić information content (AvgIpc) is 2.90. The number of nitrogen functional groups attached to an aromatic ring is 1. The van der Waals surface area contributed by atoms with Crippen LogP contribution in [-0.2, 0) is 0 Å². The van der Waals surface area contributed by atoms with E-state index in [1.807, 2.05) is 12.3 Å². The Labute approximate surface area is 108 Å². The molecule has 0 spiro atoms. The predicted molar refractivity (Wildman–Crippen MR) is 70.6 cm³/mol. The molecule has 2 aromatic rings. The first-order valence-corrected chi connectivity index (χ1v) is 6.24. The molecule has 2 N–H and O–H groups in total. The Morgan fingerprint density at radius 2 is 2.33 bits per heavy atom. The van der Waals surface area contributed by atoms with Gasteiger partial charge in [0.1, 0.15) is 10.7 Å². The molecule has 0 unspecified atom stereocenters. The van der Waals surface area contributed by atoms with Crippen LogP contribution >= 0.6 is 11.8 Å². The van der Waals surface area contributed by atoms with Gasteiger partial charge >= 0.3 is 0 Å². The molecule has 0 atom stereocenters. The number of hydrogen-bond acceptors (Lipinski definition) is 6. The average molecular weight is 258 g/mol. The Balaban J connectivity index is 2.75. The third kappa shape index (κ3) is 2.08. The van der Waals surface area contributed by atoms with Crippen LogP contribution in [-0.4, -0.2) is 16.2 Å². The Kier molecular flexibility index (Phi) is 3.35. The molecule has 2 heterocycles. The summed E-state index contributed by atoms with van der Waals surface area (Å²) in [5, 5.41) is 9.63. The van der Waals surface area contributed by atoms with Crippen LogP contribution in [0.4, 0.5) is 5.95 Å². The summed E-state index contributed by atoms with van der Waals surface area (Å²) in [6, 6.07) is 5.50. The van der Waals surface area contributed by atoms with Gasteiger partial charge in [0.15, 0.2) is 5.76 Å². The van der Waals surface area contributed by atoms with Gasteiger partial charge in [-0.2, -0.15) is 5.26 Å². The highest BCUT2D eigenvalue weighted by Gasteiger charge is 2.18. The number of allylic oxidation sites excluding steroid dienone is 1. The van der Waals surface area contributed by atoms with Crippen LogP contribution in [0.3, 0.4) is 0 Å². The number of nitrogens with zero attached hydrogens (tertiary/aromatic N) is 3. The molecule has 2 aromatic heterocycles. The minimum Gasteiger partial charge on any atom is -0.463 e. The fraction of sp³-hybridized carbons (Fsp3) is 0.0833. The van der Waals surface area contributed by atoms with Gasteiger partial charge in [0.2, 0.25) is 5.95 Å².